The fourth-order valence-corrected chi connectivity index (χ4v) is 3.72. The summed E-state index contributed by atoms with van der Waals surface area (Å²) in [4.78, 5) is 24.0. The fourth-order valence-electron chi connectivity index (χ4n) is 2.75. The predicted octanol–water partition coefficient (Wildman–Crippen LogP) is 3.45. The highest BCUT2D eigenvalue weighted by molar-refractivity contribution is 7.92. The number of sulfonamides is 1. The first-order valence-corrected chi connectivity index (χ1v) is 11.9. The zero-order valence-electron chi connectivity index (χ0n) is 18.0. The molecular formula is C22H28N2O6S. The number of carbonyl (C=O) groups excluding carboxylic acids is 2. The second-order valence-electron chi connectivity index (χ2n) is 6.83. The van der Waals surface area contributed by atoms with Crippen LogP contribution in [0.1, 0.15) is 37.0 Å². The molecule has 0 heterocycles. The first-order valence-electron chi connectivity index (χ1n) is 10.0. The molecule has 0 atom stereocenters. The summed E-state index contributed by atoms with van der Waals surface area (Å²) in [5, 5.41) is 2.69. The Morgan fingerprint density at radius 3 is 2.19 bits per heavy atom. The van der Waals surface area contributed by atoms with Crippen molar-refractivity contribution in [2.24, 2.45) is 0 Å². The minimum absolute atomic E-state index is 0.219. The molecule has 2 aromatic rings. The van der Waals surface area contributed by atoms with E-state index in [0.29, 0.717) is 35.8 Å². The monoisotopic (exact) mass is 448 g/mol. The van der Waals surface area contributed by atoms with Gasteiger partial charge in [-0.3, -0.25) is 9.10 Å². The number of benzene rings is 2. The lowest BCUT2D eigenvalue weighted by atomic mass is 10.2. The number of ether oxygens (including phenoxy) is 2. The minimum atomic E-state index is -3.36. The van der Waals surface area contributed by atoms with Gasteiger partial charge in [0.05, 0.1) is 24.1 Å². The zero-order chi connectivity index (χ0) is 22.9. The second-order valence-corrected chi connectivity index (χ2v) is 8.73. The molecule has 1 N–H and O–H groups in total. The smallest absolute Gasteiger partial charge is 0.338 e. The number of hydrogen-bond acceptors (Lipinski definition) is 6. The van der Waals surface area contributed by atoms with Crippen molar-refractivity contribution < 1.29 is 27.5 Å². The number of amides is 1. The van der Waals surface area contributed by atoms with Crippen LogP contribution in [0.4, 0.5) is 11.4 Å². The third-order valence-corrected chi connectivity index (χ3v) is 5.59. The van der Waals surface area contributed by atoms with Gasteiger partial charge in [-0.2, -0.15) is 0 Å². The zero-order valence-corrected chi connectivity index (χ0v) is 18.8. The molecule has 0 aliphatic rings. The second kappa shape index (κ2) is 11.4. The van der Waals surface area contributed by atoms with Crippen LogP contribution in [0, 0.1) is 0 Å². The Hall–Kier alpha value is -3.07. The van der Waals surface area contributed by atoms with Crippen LogP contribution in [0.3, 0.4) is 0 Å². The SMILES string of the molecule is CCCCOC(=O)c1ccc(NC(=O)COc2ccc(N(CC)S(C)(=O)=O)cc2)cc1. The normalized spacial score (nSPS) is 10.9. The molecule has 2 aromatic carbocycles. The van der Waals surface area contributed by atoms with Crippen LogP contribution in [-0.4, -0.2) is 46.3 Å². The van der Waals surface area contributed by atoms with E-state index in [1.807, 2.05) is 6.92 Å². The van der Waals surface area contributed by atoms with Gasteiger partial charge in [-0.15, -0.1) is 0 Å². The molecule has 0 fully saturated rings. The number of anilines is 2. The van der Waals surface area contributed by atoms with Crippen molar-refractivity contribution in [1.29, 1.82) is 0 Å². The van der Waals surface area contributed by atoms with Crippen LogP contribution in [0.5, 0.6) is 5.75 Å². The highest BCUT2D eigenvalue weighted by atomic mass is 32.2. The molecule has 0 radical (unpaired) electrons. The lowest BCUT2D eigenvalue weighted by molar-refractivity contribution is -0.118. The first-order chi connectivity index (χ1) is 14.7. The molecule has 9 heteroatoms. The summed E-state index contributed by atoms with van der Waals surface area (Å²) < 4.78 is 35.4. The topological polar surface area (TPSA) is 102 Å². The first kappa shape index (κ1) is 24.2. The van der Waals surface area contributed by atoms with Gasteiger partial charge in [-0.05, 0) is 61.9 Å². The van der Waals surface area contributed by atoms with Gasteiger partial charge < -0.3 is 14.8 Å². The molecule has 2 rings (SSSR count). The molecule has 0 spiro atoms. The maximum Gasteiger partial charge on any atom is 0.338 e. The Labute approximate surface area is 183 Å². The van der Waals surface area contributed by atoms with Gasteiger partial charge in [0.15, 0.2) is 6.61 Å². The average Bonchev–Trinajstić information content (AvgIpc) is 2.73. The van der Waals surface area contributed by atoms with E-state index < -0.39 is 16.0 Å². The van der Waals surface area contributed by atoms with Gasteiger partial charge in [0.2, 0.25) is 10.0 Å². The van der Waals surface area contributed by atoms with Gasteiger partial charge in [-0.25, -0.2) is 13.2 Å². The van der Waals surface area contributed by atoms with Crippen LogP contribution in [-0.2, 0) is 19.6 Å². The molecule has 31 heavy (non-hydrogen) atoms. The van der Waals surface area contributed by atoms with Crippen molar-refractivity contribution in [3.8, 4) is 5.75 Å². The van der Waals surface area contributed by atoms with E-state index in [1.165, 1.54) is 4.31 Å². The number of hydrogen-bond donors (Lipinski definition) is 1. The van der Waals surface area contributed by atoms with E-state index >= 15 is 0 Å². The summed E-state index contributed by atoms with van der Waals surface area (Å²) in [5.41, 5.74) is 1.47. The van der Waals surface area contributed by atoms with Crippen LogP contribution >= 0.6 is 0 Å². The highest BCUT2D eigenvalue weighted by Crippen LogP contribution is 2.21. The highest BCUT2D eigenvalue weighted by Gasteiger charge is 2.15. The summed E-state index contributed by atoms with van der Waals surface area (Å²) in [6, 6.07) is 12.9. The average molecular weight is 449 g/mol. The van der Waals surface area contributed by atoms with Crippen molar-refractivity contribution in [2.75, 3.05) is 35.6 Å². The standard InChI is InChI=1S/C22H28N2O6S/c1-4-6-15-29-22(26)17-7-9-18(10-8-17)23-21(25)16-30-20-13-11-19(12-14-20)24(5-2)31(3,27)28/h7-14H,4-6,15-16H2,1-3H3,(H,23,25). The maximum atomic E-state index is 12.1. The number of rotatable bonds is 11. The Morgan fingerprint density at radius 2 is 1.65 bits per heavy atom. The van der Waals surface area contributed by atoms with Crippen LogP contribution in [0.2, 0.25) is 0 Å². The van der Waals surface area contributed by atoms with Crippen molar-refractivity contribution >= 4 is 33.3 Å². The number of carbonyl (C=O) groups is 2. The third kappa shape index (κ3) is 7.60. The van der Waals surface area contributed by atoms with E-state index in [0.717, 1.165) is 19.1 Å². The number of nitrogens with one attached hydrogen (secondary N) is 1. The number of nitrogens with zero attached hydrogens (tertiary/aromatic N) is 1. The van der Waals surface area contributed by atoms with Crippen LogP contribution < -0.4 is 14.4 Å². The minimum Gasteiger partial charge on any atom is -0.484 e. The van der Waals surface area contributed by atoms with E-state index in [2.05, 4.69) is 5.32 Å². The van der Waals surface area contributed by atoms with E-state index in [-0.39, 0.29) is 12.5 Å². The number of esters is 1. The van der Waals surface area contributed by atoms with Crippen LogP contribution in [0.15, 0.2) is 48.5 Å². The molecule has 1 amide bonds. The summed E-state index contributed by atoms with van der Waals surface area (Å²) >= 11 is 0. The summed E-state index contributed by atoms with van der Waals surface area (Å²) in [5.74, 6) is -0.321. The molecule has 168 valence electrons. The molecule has 0 bridgehead atoms. The lowest BCUT2D eigenvalue weighted by Gasteiger charge is -2.20. The van der Waals surface area contributed by atoms with Crippen molar-refractivity contribution in [3.05, 3.63) is 54.1 Å². The van der Waals surface area contributed by atoms with Gasteiger partial charge >= 0.3 is 5.97 Å². The quantitative estimate of drug-likeness (QED) is 0.417. The molecule has 0 saturated heterocycles. The molecule has 0 aliphatic heterocycles. The van der Waals surface area contributed by atoms with Gasteiger partial charge in [-0.1, -0.05) is 13.3 Å². The Bertz CT molecular complexity index is 972. The third-order valence-electron chi connectivity index (χ3n) is 4.32. The Balaban J connectivity index is 1.86. The molecule has 0 aromatic heterocycles. The van der Waals surface area contributed by atoms with Gasteiger partial charge in [0.1, 0.15) is 5.75 Å². The summed E-state index contributed by atoms with van der Waals surface area (Å²) in [6.07, 6.45) is 2.91. The molecule has 0 saturated carbocycles. The Morgan fingerprint density at radius 1 is 1.00 bits per heavy atom. The summed E-state index contributed by atoms with van der Waals surface area (Å²) in [6.45, 7) is 4.25. The van der Waals surface area contributed by atoms with E-state index in [1.54, 1.807) is 55.5 Å². The Kier molecular flexibility index (Phi) is 8.87. The largest absolute Gasteiger partial charge is 0.484 e. The molecule has 8 nitrogen and oxygen atoms in total. The van der Waals surface area contributed by atoms with Gasteiger partial charge in [0.25, 0.3) is 5.91 Å². The predicted molar refractivity (Wildman–Crippen MR) is 120 cm³/mol. The van der Waals surface area contributed by atoms with Crippen molar-refractivity contribution in [1.82, 2.24) is 0 Å². The van der Waals surface area contributed by atoms with Crippen molar-refractivity contribution in [2.45, 2.75) is 26.7 Å². The molecular weight excluding hydrogens is 420 g/mol. The van der Waals surface area contributed by atoms with Gasteiger partial charge in [0, 0.05) is 12.2 Å². The van der Waals surface area contributed by atoms with Crippen LogP contribution in [0.25, 0.3) is 0 Å². The molecule has 0 unspecified atom stereocenters. The summed E-state index contributed by atoms with van der Waals surface area (Å²) in [7, 11) is -3.36. The number of unbranched alkanes of at least 4 members (excludes halogenated alkanes) is 1. The molecule has 0 aliphatic carbocycles. The fraction of sp³-hybridized carbons (Fsp3) is 0.364. The van der Waals surface area contributed by atoms with E-state index in [9.17, 15) is 18.0 Å². The maximum absolute atomic E-state index is 12.1. The van der Waals surface area contributed by atoms with Crippen molar-refractivity contribution in [3.63, 3.8) is 0 Å². The van der Waals surface area contributed by atoms with E-state index in [4.69, 9.17) is 9.47 Å². The lowest BCUT2D eigenvalue weighted by Crippen LogP contribution is -2.29.